The van der Waals surface area contributed by atoms with Crippen molar-refractivity contribution in [3.8, 4) is 0 Å². The minimum atomic E-state index is -0.382. The second-order valence-corrected chi connectivity index (χ2v) is 6.10. The van der Waals surface area contributed by atoms with Crippen LogP contribution in [-0.4, -0.2) is 32.1 Å². The fourth-order valence-corrected chi connectivity index (χ4v) is 3.36. The molecule has 4 nitrogen and oxygen atoms in total. The molecule has 110 valence electrons. The van der Waals surface area contributed by atoms with Crippen LogP contribution in [0.15, 0.2) is 22.7 Å². The second-order valence-electron chi connectivity index (χ2n) is 5.25. The maximum atomic E-state index is 11.7. The Kier molecular flexibility index (Phi) is 5.43. The quantitative estimate of drug-likeness (QED) is 0.865. The molecule has 0 bridgehead atoms. The Morgan fingerprint density at radius 2 is 2.35 bits per heavy atom. The number of carbonyl (C=O) groups excluding carboxylic acids is 1. The number of amides is 1. The van der Waals surface area contributed by atoms with E-state index in [1.807, 2.05) is 18.2 Å². The van der Waals surface area contributed by atoms with Crippen LogP contribution in [0, 0.1) is 5.92 Å². The zero-order valence-electron chi connectivity index (χ0n) is 11.9. The first kappa shape index (κ1) is 15.3. The number of hydrogen-bond donors (Lipinski definition) is 2. The van der Waals surface area contributed by atoms with Crippen molar-refractivity contribution < 1.29 is 4.79 Å². The predicted octanol–water partition coefficient (Wildman–Crippen LogP) is 2.37. The van der Waals surface area contributed by atoms with Gasteiger partial charge in [-0.1, -0.05) is 6.07 Å². The van der Waals surface area contributed by atoms with Gasteiger partial charge in [0.1, 0.15) is 0 Å². The molecule has 0 saturated carbocycles. The maximum Gasteiger partial charge on any atom is 0.251 e. The summed E-state index contributed by atoms with van der Waals surface area (Å²) in [5, 5.41) is 3.44. The van der Waals surface area contributed by atoms with E-state index in [0.29, 0.717) is 11.5 Å². The van der Waals surface area contributed by atoms with E-state index in [9.17, 15) is 4.79 Å². The molecule has 5 heteroatoms. The lowest BCUT2D eigenvalue weighted by molar-refractivity contribution is 0.1000. The molecule has 1 atom stereocenters. The van der Waals surface area contributed by atoms with Gasteiger partial charge in [-0.25, -0.2) is 0 Å². The van der Waals surface area contributed by atoms with E-state index < -0.39 is 0 Å². The first-order valence-corrected chi connectivity index (χ1v) is 7.96. The molecular weight excluding hydrogens is 318 g/mol. The number of primary amides is 1. The lowest BCUT2D eigenvalue weighted by Crippen LogP contribution is -2.39. The van der Waals surface area contributed by atoms with Crippen LogP contribution in [0.3, 0.4) is 0 Å². The Labute approximate surface area is 128 Å². The summed E-state index contributed by atoms with van der Waals surface area (Å²) in [4.78, 5) is 14.0. The lowest BCUT2D eigenvalue weighted by Gasteiger charge is -2.32. The van der Waals surface area contributed by atoms with Crippen LogP contribution in [-0.2, 0) is 0 Å². The van der Waals surface area contributed by atoms with Gasteiger partial charge < -0.3 is 16.0 Å². The fourth-order valence-electron chi connectivity index (χ4n) is 2.81. The van der Waals surface area contributed by atoms with Crippen molar-refractivity contribution in [2.45, 2.75) is 19.8 Å². The number of nitrogens with two attached hydrogens (primary N) is 1. The SMILES string of the molecule is CCN(CC1CCCNC1)c1cccc(Br)c1C(N)=O. The van der Waals surface area contributed by atoms with Crippen LogP contribution >= 0.6 is 15.9 Å². The molecular formula is C15H22BrN3O. The first-order valence-electron chi connectivity index (χ1n) is 7.17. The van der Waals surface area contributed by atoms with Gasteiger partial charge in [0.25, 0.3) is 5.91 Å². The van der Waals surface area contributed by atoms with E-state index in [0.717, 1.165) is 36.3 Å². The van der Waals surface area contributed by atoms with Gasteiger partial charge in [0.15, 0.2) is 0 Å². The highest BCUT2D eigenvalue weighted by molar-refractivity contribution is 9.10. The molecule has 20 heavy (non-hydrogen) atoms. The number of carbonyl (C=O) groups is 1. The molecule has 0 aliphatic carbocycles. The molecule has 1 aliphatic heterocycles. The Morgan fingerprint density at radius 1 is 1.55 bits per heavy atom. The Balaban J connectivity index is 2.22. The van der Waals surface area contributed by atoms with Crippen molar-refractivity contribution in [3.63, 3.8) is 0 Å². The summed E-state index contributed by atoms with van der Waals surface area (Å²) >= 11 is 3.43. The Hall–Kier alpha value is -1.07. The molecule has 1 saturated heterocycles. The van der Waals surface area contributed by atoms with Crippen LogP contribution in [0.5, 0.6) is 0 Å². The largest absolute Gasteiger partial charge is 0.371 e. The molecule has 0 radical (unpaired) electrons. The molecule has 2 rings (SSSR count). The van der Waals surface area contributed by atoms with E-state index in [-0.39, 0.29) is 5.91 Å². The molecule has 1 heterocycles. The molecule has 1 aliphatic rings. The average molecular weight is 340 g/mol. The van der Waals surface area contributed by atoms with Crippen LogP contribution in [0.2, 0.25) is 0 Å². The van der Waals surface area contributed by atoms with Gasteiger partial charge in [-0.05, 0) is 66.8 Å². The van der Waals surface area contributed by atoms with Crippen LogP contribution in [0.25, 0.3) is 0 Å². The molecule has 1 unspecified atom stereocenters. The summed E-state index contributed by atoms with van der Waals surface area (Å²) in [7, 11) is 0. The van der Waals surface area contributed by atoms with E-state index in [4.69, 9.17) is 5.73 Å². The number of nitrogens with one attached hydrogen (secondary N) is 1. The van der Waals surface area contributed by atoms with E-state index in [1.54, 1.807) is 0 Å². The molecule has 0 aromatic heterocycles. The average Bonchev–Trinajstić information content (AvgIpc) is 2.45. The number of piperidine rings is 1. The fraction of sp³-hybridized carbons (Fsp3) is 0.533. The zero-order valence-corrected chi connectivity index (χ0v) is 13.4. The van der Waals surface area contributed by atoms with Gasteiger partial charge in [-0.3, -0.25) is 4.79 Å². The van der Waals surface area contributed by atoms with Crippen molar-refractivity contribution in [2.24, 2.45) is 11.7 Å². The number of anilines is 1. The van der Waals surface area contributed by atoms with Crippen molar-refractivity contribution in [1.82, 2.24) is 5.32 Å². The maximum absolute atomic E-state index is 11.7. The Morgan fingerprint density at radius 3 is 2.95 bits per heavy atom. The van der Waals surface area contributed by atoms with Gasteiger partial charge in [0.2, 0.25) is 0 Å². The summed E-state index contributed by atoms with van der Waals surface area (Å²) in [6.45, 7) is 6.11. The minimum Gasteiger partial charge on any atom is -0.371 e. The third-order valence-electron chi connectivity index (χ3n) is 3.84. The van der Waals surface area contributed by atoms with E-state index in [2.05, 4.69) is 33.1 Å². The number of halogens is 1. The standard InChI is InChI=1S/C15H22BrN3O/c1-2-19(10-11-5-4-8-18-9-11)13-7-3-6-12(16)14(13)15(17)20/h3,6-7,11,18H,2,4-5,8-10H2,1H3,(H2,17,20). The summed E-state index contributed by atoms with van der Waals surface area (Å²) in [5.74, 6) is 0.246. The highest BCUT2D eigenvalue weighted by atomic mass is 79.9. The molecule has 1 aromatic rings. The number of hydrogen-bond acceptors (Lipinski definition) is 3. The lowest BCUT2D eigenvalue weighted by atomic mass is 9.98. The third kappa shape index (κ3) is 3.52. The van der Waals surface area contributed by atoms with Crippen molar-refractivity contribution >= 4 is 27.5 Å². The molecule has 0 spiro atoms. The monoisotopic (exact) mass is 339 g/mol. The topological polar surface area (TPSA) is 58.4 Å². The highest BCUT2D eigenvalue weighted by Gasteiger charge is 2.20. The highest BCUT2D eigenvalue weighted by Crippen LogP contribution is 2.28. The van der Waals surface area contributed by atoms with E-state index >= 15 is 0 Å². The smallest absolute Gasteiger partial charge is 0.251 e. The van der Waals surface area contributed by atoms with Gasteiger partial charge in [0.05, 0.1) is 11.3 Å². The second kappa shape index (κ2) is 7.09. The molecule has 1 fully saturated rings. The van der Waals surface area contributed by atoms with Crippen molar-refractivity contribution in [2.75, 3.05) is 31.1 Å². The molecule has 1 aromatic carbocycles. The van der Waals surface area contributed by atoms with Gasteiger partial charge in [-0.2, -0.15) is 0 Å². The summed E-state index contributed by atoms with van der Waals surface area (Å²) < 4.78 is 0.766. The molecule has 3 N–H and O–H groups in total. The number of rotatable bonds is 5. The van der Waals surface area contributed by atoms with Gasteiger partial charge in [-0.15, -0.1) is 0 Å². The van der Waals surface area contributed by atoms with Gasteiger partial charge in [0, 0.05) is 17.6 Å². The number of benzene rings is 1. The van der Waals surface area contributed by atoms with Crippen molar-refractivity contribution in [3.05, 3.63) is 28.2 Å². The van der Waals surface area contributed by atoms with Crippen molar-refractivity contribution in [1.29, 1.82) is 0 Å². The number of nitrogens with zero attached hydrogens (tertiary/aromatic N) is 1. The Bertz CT molecular complexity index is 472. The molecule has 1 amide bonds. The minimum absolute atomic E-state index is 0.382. The summed E-state index contributed by atoms with van der Waals surface area (Å²) in [6, 6.07) is 5.79. The van der Waals surface area contributed by atoms with Gasteiger partial charge >= 0.3 is 0 Å². The van der Waals surface area contributed by atoms with Crippen LogP contribution in [0.4, 0.5) is 5.69 Å². The van der Waals surface area contributed by atoms with E-state index in [1.165, 1.54) is 12.8 Å². The third-order valence-corrected chi connectivity index (χ3v) is 4.50. The summed E-state index contributed by atoms with van der Waals surface area (Å²) in [6.07, 6.45) is 2.47. The predicted molar refractivity (Wildman–Crippen MR) is 86.1 cm³/mol. The van der Waals surface area contributed by atoms with Crippen LogP contribution in [0.1, 0.15) is 30.1 Å². The summed E-state index contributed by atoms with van der Waals surface area (Å²) in [5.41, 5.74) is 7.05. The zero-order chi connectivity index (χ0) is 14.5. The van der Waals surface area contributed by atoms with Crippen LogP contribution < -0.4 is 16.0 Å². The normalized spacial score (nSPS) is 18.8. The first-order chi connectivity index (χ1) is 9.63.